The molecule has 1 aliphatic carbocycles. The molecule has 1 amide bonds. The zero-order chi connectivity index (χ0) is 22.7. The van der Waals surface area contributed by atoms with Crippen molar-refractivity contribution in [3.63, 3.8) is 0 Å². The molecular weight excluding hydrogens is 408 g/mol. The summed E-state index contributed by atoms with van der Waals surface area (Å²) in [5, 5.41) is 23.2. The van der Waals surface area contributed by atoms with Gasteiger partial charge in [0.25, 0.3) is 0 Å². The first-order chi connectivity index (χ1) is 15.5. The van der Waals surface area contributed by atoms with Gasteiger partial charge in [0.05, 0.1) is 23.7 Å². The Morgan fingerprint density at radius 2 is 1.66 bits per heavy atom. The molecule has 0 radical (unpaired) electrons. The molecule has 4 rings (SSSR count). The summed E-state index contributed by atoms with van der Waals surface area (Å²) in [6.07, 6.45) is -0.182. The van der Waals surface area contributed by atoms with Gasteiger partial charge in [0.15, 0.2) is 0 Å². The Bertz CT molecular complexity index is 1080. The fourth-order valence-corrected chi connectivity index (χ4v) is 4.08. The van der Waals surface area contributed by atoms with Crippen LogP contribution in [0.5, 0.6) is 0 Å². The quantitative estimate of drug-likeness (QED) is 0.384. The maximum Gasteiger partial charge on any atom is 0.407 e. The van der Waals surface area contributed by atoms with Gasteiger partial charge >= 0.3 is 6.09 Å². The number of nitrogens with two attached hydrogens (primary N) is 2. The number of benzene rings is 2. The lowest BCUT2D eigenvalue weighted by molar-refractivity contribution is 0.0139. The summed E-state index contributed by atoms with van der Waals surface area (Å²) < 4.78 is 5.46. The van der Waals surface area contributed by atoms with Crippen LogP contribution in [0.15, 0.2) is 60.9 Å². The number of anilines is 2. The maximum atomic E-state index is 12.2. The first kappa shape index (κ1) is 21.6. The second-order valence-electron chi connectivity index (χ2n) is 7.78. The molecular formula is C24H26N4O4. The Kier molecular flexibility index (Phi) is 6.25. The molecule has 0 aliphatic heterocycles. The summed E-state index contributed by atoms with van der Waals surface area (Å²) in [5.74, 6) is -0.0282. The van der Waals surface area contributed by atoms with Crippen LogP contribution in [0.2, 0.25) is 0 Å². The standard InChI is InChI=1S/C24H26N4O4/c25-20-12-27-11-18(22(20)26)23(30)21(29)9-10-28-24(31)32-13-19-16-7-3-1-5-14(16)15-6-2-4-8-17(15)19/h1-8,11-12,19,21,23,29-30H,9-10,13,25H2,(H2,26,27)(H,28,31). The summed E-state index contributed by atoms with van der Waals surface area (Å²) in [4.78, 5) is 16.1. The van der Waals surface area contributed by atoms with Gasteiger partial charge < -0.3 is 31.7 Å². The average Bonchev–Trinajstić information content (AvgIpc) is 3.13. The Labute approximate surface area is 185 Å². The normalized spacial score (nSPS) is 14.3. The molecule has 8 nitrogen and oxygen atoms in total. The summed E-state index contributed by atoms with van der Waals surface area (Å²) in [6, 6.07) is 16.2. The lowest BCUT2D eigenvalue weighted by Crippen LogP contribution is -2.31. The van der Waals surface area contributed by atoms with Crippen molar-refractivity contribution in [3.05, 3.63) is 77.6 Å². The Morgan fingerprint density at radius 1 is 1.03 bits per heavy atom. The number of ether oxygens (including phenoxy) is 1. The van der Waals surface area contributed by atoms with Crippen LogP contribution in [0.3, 0.4) is 0 Å². The number of carbonyl (C=O) groups is 1. The van der Waals surface area contributed by atoms with Crippen LogP contribution < -0.4 is 16.8 Å². The SMILES string of the molecule is Nc1cncc(C(O)C(O)CCNC(=O)OCC2c3ccccc3-c3ccccc32)c1N. The molecule has 0 saturated carbocycles. The Morgan fingerprint density at radius 3 is 2.31 bits per heavy atom. The molecule has 1 heterocycles. The second kappa shape index (κ2) is 9.25. The molecule has 2 unspecified atom stereocenters. The van der Waals surface area contributed by atoms with E-state index in [1.54, 1.807) is 0 Å². The minimum atomic E-state index is -1.27. The minimum Gasteiger partial charge on any atom is -0.449 e. The van der Waals surface area contributed by atoms with Gasteiger partial charge in [0, 0.05) is 24.2 Å². The molecule has 3 aromatic rings. The van der Waals surface area contributed by atoms with E-state index >= 15 is 0 Å². The smallest absolute Gasteiger partial charge is 0.407 e. The van der Waals surface area contributed by atoms with Crippen molar-refractivity contribution in [2.45, 2.75) is 24.5 Å². The van der Waals surface area contributed by atoms with E-state index < -0.39 is 18.3 Å². The van der Waals surface area contributed by atoms with Crippen molar-refractivity contribution < 1.29 is 19.7 Å². The molecule has 32 heavy (non-hydrogen) atoms. The maximum absolute atomic E-state index is 12.2. The van der Waals surface area contributed by atoms with Gasteiger partial charge in [-0.3, -0.25) is 4.98 Å². The summed E-state index contributed by atoms with van der Waals surface area (Å²) in [6.45, 7) is 0.321. The molecule has 0 fully saturated rings. The zero-order valence-electron chi connectivity index (χ0n) is 17.4. The number of aromatic nitrogens is 1. The molecule has 1 aromatic heterocycles. The van der Waals surface area contributed by atoms with E-state index in [4.69, 9.17) is 16.2 Å². The van der Waals surface area contributed by atoms with E-state index in [1.165, 1.54) is 12.4 Å². The van der Waals surface area contributed by atoms with Crippen LogP contribution in [0.1, 0.15) is 35.1 Å². The first-order valence-corrected chi connectivity index (χ1v) is 10.4. The summed E-state index contributed by atoms with van der Waals surface area (Å²) in [7, 11) is 0. The highest BCUT2D eigenvalue weighted by Crippen LogP contribution is 2.44. The van der Waals surface area contributed by atoms with Crippen LogP contribution in [0.25, 0.3) is 11.1 Å². The van der Waals surface area contributed by atoms with Gasteiger partial charge in [0.2, 0.25) is 0 Å². The molecule has 0 spiro atoms. The topological polar surface area (TPSA) is 144 Å². The number of carbonyl (C=O) groups excluding carboxylic acids is 1. The van der Waals surface area contributed by atoms with Crippen molar-refractivity contribution in [1.29, 1.82) is 0 Å². The number of hydrogen-bond donors (Lipinski definition) is 5. The fourth-order valence-electron chi connectivity index (χ4n) is 4.08. The monoisotopic (exact) mass is 434 g/mol. The van der Waals surface area contributed by atoms with Crippen molar-refractivity contribution >= 4 is 17.5 Å². The lowest BCUT2D eigenvalue weighted by Gasteiger charge is -2.20. The number of alkyl carbamates (subject to hydrolysis) is 1. The number of aliphatic hydroxyl groups excluding tert-OH is 2. The highest BCUT2D eigenvalue weighted by Gasteiger charge is 2.29. The number of nitrogens with zero attached hydrogens (tertiary/aromatic N) is 1. The summed E-state index contributed by atoms with van der Waals surface area (Å²) in [5.41, 5.74) is 16.8. The van der Waals surface area contributed by atoms with E-state index in [1.807, 2.05) is 24.3 Å². The van der Waals surface area contributed by atoms with E-state index in [0.717, 1.165) is 22.3 Å². The van der Waals surface area contributed by atoms with Crippen LogP contribution in [0.4, 0.5) is 16.2 Å². The van der Waals surface area contributed by atoms with Crippen LogP contribution >= 0.6 is 0 Å². The predicted octanol–water partition coefficient (Wildman–Crippen LogP) is 2.57. The van der Waals surface area contributed by atoms with E-state index in [2.05, 4.69) is 34.6 Å². The summed E-state index contributed by atoms with van der Waals surface area (Å²) >= 11 is 0. The van der Waals surface area contributed by atoms with Crippen molar-refractivity contribution in [3.8, 4) is 11.1 Å². The third kappa shape index (κ3) is 4.23. The molecule has 0 saturated heterocycles. The molecule has 2 atom stereocenters. The molecule has 166 valence electrons. The highest BCUT2D eigenvalue weighted by atomic mass is 16.5. The third-order valence-electron chi connectivity index (χ3n) is 5.79. The number of hydrogen-bond acceptors (Lipinski definition) is 7. The van der Waals surface area contributed by atoms with Gasteiger partial charge in [-0.25, -0.2) is 4.79 Å². The third-order valence-corrected chi connectivity index (χ3v) is 5.79. The first-order valence-electron chi connectivity index (χ1n) is 10.4. The van der Waals surface area contributed by atoms with Crippen LogP contribution in [-0.2, 0) is 4.74 Å². The Balaban J connectivity index is 1.29. The number of fused-ring (bicyclic) bond motifs is 3. The van der Waals surface area contributed by atoms with Gasteiger partial charge in [0.1, 0.15) is 12.7 Å². The molecule has 2 aromatic carbocycles. The van der Waals surface area contributed by atoms with Crippen molar-refractivity contribution in [2.24, 2.45) is 0 Å². The zero-order valence-corrected chi connectivity index (χ0v) is 17.4. The number of amides is 1. The largest absolute Gasteiger partial charge is 0.449 e. The predicted molar refractivity (Wildman–Crippen MR) is 122 cm³/mol. The van der Waals surface area contributed by atoms with Gasteiger partial charge in [-0.1, -0.05) is 48.5 Å². The number of rotatable bonds is 7. The molecule has 1 aliphatic rings. The van der Waals surface area contributed by atoms with E-state index in [0.29, 0.717) is 0 Å². The van der Waals surface area contributed by atoms with Crippen molar-refractivity contribution in [1.82, 2.24) is 10.3 Å². The number of nitrogen functional groups attached to an aromatic ring is 2. The van der Waals surface area contributed by atoms with Crippen LogP contribution in [-0.4, -0.2) is 40.5 Å². The molecule has 0 bridgehead atoms. The molecule has 8 heteroatoms. The van der Waals surface area contributed by atoms with Gasteiger partial charge in [-0.2, -0.15) is 0 Å². The van der Waals surface area contributed by atoms with Gasteiger partial charge in [-0.15, -0.1) is 0 Å². The Hall–Kier alpha value is -3.62. The van der Waals surface area contributed by atoms with Crippen LogP contribution in [0, 0.1) is 0 Å². The second-order valence-corrected chi connectivity index (χ2v) is 7.78. The van der Waals surface area contributed by atoms with Crippen molar-refractivity contribution in [2.75, 3.05) is 24.6 Å². The minimum absolute atomic E-state index is 0.0282. The number of nitrogens with one attached hydrogen (secondary N) is 1. The van der Waals surface area contributed by atoms with Gasteiger partial charge in [-0.05, 0) is 28.7 Å². The fraction of sp³-hybridized carbons (Fsp3) is 0.250. The van der Waals surface area contributed by atoms with E-state index in [-0.39, 0.29) is 42.4 Å². The highest BCUT2D eigenvalue weighted by molar-refractivity contribution is 5.79. The number of pyridine rings is 1. The number of aliphatic hydroxyl groups is 2. The van der Waals surface area contributed by atoms with E-state index in [9.17, 15) is 15.0 Å². The molecule has 7 N–H and O–H groups in total. The lowest BCUT2D eigenvalue weighted by atomic mass is 9.98. The average molecular weight is 434 g/mol.